The molecular weight excluding hydrogens is 805 g/mol. The smallest absolute Gasteiger partial charge is 0.472 e. The van der Waals surface area contributed by atoms with Crippen molar-refractivity contribution in [2.45, 2.75) is 166 Å². The van der Waals surface area contributed by atoms with Crippen LogP contribution in [0.4, 0.5) is 0 Å². The van der Waals surface area contributed by atoms with Crippen molar-refractivity contribution in [3.8, 4) is 0 Å². The molecule has 0 aromatic carbocycles. The van der Waals surface area contributed by atoms with Crippen molar-refractivity contribution in [3.05, 3.63) is 72.9 Å². The number of carbonyl (C=O) groups excluding carboxylic acids is 2. The summed E-state index contributed by atoms with van der Waals surface area (Å²) in [6.45, 7) is 2.35. The monoisotopic (exact) mass is 882 g/mol. The number of phosphoric ester groups is 1. The number of phosphoric acid groups is 1. The van der Waals surface area contributed by atoms with Crippen LogP contribution in [-0.2, 0) is 37.5 Å². The lowest BCUT2D eigenvalue weighted by Crippen LogP contribution is -2.34. The van der Waals surface area contributed by atoms with Crippen LogP contribution >= 0.6 is 7.82 Å². The molecule has 61 heavy (non-hydrogen) atoms. The Morgan fingerprint density at radius 1 is 0.721 bits per heavy atom. The minimum atomic E-state index is -4.80. The second-order valence-electron chi connectivity index (χ2n) is 15.4. The fraction of sp³-hybridized carbons (Fsp3) is 0.674. The van der Waals surface area contributed by atoms with E-state index in [4.69, 9.17) is 24.8 Å². The van der Waals surface area contributed by atoms with E-state index in [0.717, 1.165) is 44.9 Å². The van der Waals surface area contributed by atoms with Crippen LogP contribution in [0.25, 0.3) is 0 Å². The summed E-state index contributed by atoms with van der Waals surface area (Å²) >= 11 is 0. The van der Waals surface area contributed by atoms with Crippen molar-refractivity contribution in [2.24, 2.45) is 17.6 Å². The third-order valence-corrected chi connectivity index (χ3v) is 10.9. The van der Waals surface area contributed by atoms with Gasteiger partial charge in [-0.05, 0) is 76.5 Å². The quantitative estimate of drug-likeness (QED) is 0.0151. The van der Waals surface area contributed by atoms with Crippen LogP contribution in [0.5, 0.6) is 0 Å². The molecule has 1 unspecified atom stereocenters. The summed E-state index contributed by atoms with van der Waals surface area (Å²) < 4.78 is 32.6. The Hall–Kier alpha value is -3.20. The Bertz CT molecular complexity index is 1430. The normalized spacial score (nSPS) is 21.0. The number of allylic oxidation sites excluding steroid dienone is 10. The van der Waals surface area contributed by atoms with E-state index in [1.807, 2.05) is 30.4 Å². The standard InChI is InChI=1S/C46H76NO13P/c1-3-5-7-8-9-10-11-12-13-14-15-16-17-18-19-20-25-29-44(51)57-34-38(35-58-61(55,56)59-36-41(47)46(53)54)60-45(52)30-26-22-21-24-28-39-40(43(50)33-42(39)49)32-31-37(48)27-23-6-4-2/h9-10,12-13,15-16,18-19,21,24,31-32,37-43,48-50H,3-8,11,14,17,20,22-23,25-30,33-36,47H2,1-2H3,(H,53,54)(H,55,56)/b10-9-,13-12-,16-15-,19-18-,24-21+,32-31+/t37-,38+,39+,40+,41-,42-,43+/m0/s1. The van der Waals surface area contributed by atoms with Gasteiger partial charge < -0.3 is 40.5 Å². The molecule has 1 fully saturated rings. The van der Waals surface area contributed by atoms with E-state index < -0.39 is 76.0 Å². The SMILES string of the molecule is CCCCC/C=C\C/C=C\C/C=C\C/C=C\CCCC(=O)OC[C@H](COP(=O)(O)OC[C@H](N)C(=O)O)OC(=O)CCC/C=C/C[C@@H]1[C@@H](/C=C/[C@@H](O)CCCCC)[C@H](O)C[C@@H]1O. The lowest BCUT2D eigenvalue weighted by molar-refractivity contribution is -0.161. The molecule has 0 aliphatic heterocycles. The van der Waals surface area contributed by atoms with Gasteiger partial charge in [-0.3, -0.25) is 23.4 Å². The molecule has 0 aromatic rings. The van der Waals surface area contributed by atoms with Crippen molar-refractivity contribution in [1.29, 1.82) is 0 Å². The third-order valence-electron chi connectivity index (χ3n) is 10.00. The van der Waals surface area contributed by atoms with Gasteiger partial charge in [-0.25, -0.2) is 4.57 Å². The first-order valence-electron chi connectivity index (χ1n) is 22.2. The molecular formula is C46H76NO13P. The molecule has 0 bridgehead atoms. The van der Waals surface area contributed by atoms with Gasteiger partial charge >= 0.3 is 25.7 Å². The number of unbranched alkanes of at least 4 members (excludes halogenated alkanes) is 7. The van der Waals surface area contributed by atoms with Crippen LogP contribution in [0.15, 0.2) is 72.9 Å². The molecule has 7 N–H and O–H groups in total. The molecule has 0 spiro atoms. The van der Waals surface area contributed by atoms with Crippen molar-refractivity contribution >= 4 is 25.7 Å². The van der Waals surface area contributed by atoms with Gasteiger partial charge in [0, 0.05) is 25.2 Å². The second-order valence-corrected chi connectivity index (χ2v) is 16.9. The van der Waals surface area contributed by atoms with Crippen LogP contribution in [0, 0.1) is 11.8 Å². The van der Waals surface area contributed by atoms with Crippen LogP contribution in [-0.4, -0.2) is 93.5 Å². The van der Waals surface area contributed by atoms with E-state index in [0.29, 0.717) is 38.5 Å². The maximum Gasteiger partial charge on any atom is 0.472 e. The van der Waals surface area contributed by atoms with E-state index in [2.05, 4.69) is 54.8 Å². The van der Waals surface area contributed by atoms with Crippen LogP contribution in [0.3, 0.4) is 0 Å². The highest BCUT2D eigenvalue weighted by Gasteiger charge is 2.39. The Morgan fingerprint density at radius 3 is 1.87 bits per heavy atom. The number of carboxylic acid groups (broad SMARTS) is 1. The summed E-state index contributed by atoms with van der Waals surface area (Å²) in [5.41, 5.74) is 5.33. The van der Waals surface area contributed by atoms with Gasteiger partial charge in [0.05, 0.1) is 31.5 Å². The fourth-order valence-electron chi connectivity index (χ4n) is 6.40. The van der Waals surface area contributed by atoms with Gasteiger partial charge in [-0.1, -0.05) is 119 Å². The number of hydrogen-bond donors (Lipinski definition) is 6. The minimum absolute atomic E-state index is 0.0311. The first kappa shape index (κ1) is 55.8. The van der Waals surface area contributed by atoms with Gasteiger partial charge in [0.25, 0.3) is 0 Å². The number of aliphatic hydroxyl groups is 3. The zero-order valence-corrected chi connectivity index (χ0v) is 37.4. The number of nitrogens with two attached hydrogens (primary N) is 1. The summed E-state index contributed by atoms with van der Waals surface area (Å²) in [6, 6.07) is -1.57. The Morgan fingerprint density at radius 2 is 1.26 bits per heavy atom. The molecule has 1 aliphatic rings. The Kier molecular flexibility index (Phi) is 32.3. The zero-order chi connectivity index (χ0) is 45.1. The lowest BCUT2D eigenvalue weighted by atomic mass is 9.89. The van der Waals surface area contributed by atoms with Gasteiger partial charge in [0.15, 0.2) is 6.10 Å². The number of ether oxygens (including phenoxy) is 2. The maximum atomic E-state index is 12.7. The topological polar surface area (TPSA) is 232 Å². The third kappa shape index (κ3) is 29.7. The summed E-state index contributed by atoms with van der Waals surface area (Å²) in [7, 11) is -4.80. The van der Waals surface area contributed by atoms with Crippen LogP contribution in [0.1, 0.15) is 136 Å². The molecule has 8 atom stereocenters. The second kappa shape index (κ2) is 35.3. The molecule has 15 heteroatoms. The number of hydrogen-bond acceptors (Lipinski definition) is 12. The molecule has 0 radical (unpaired) electrons. The highest BCUT2D eigenvalue weighted by molar-refractivity contribution is 7.47. The van der Waals surface area contributed by atoms with Gasteiger partial charge in [0.2, 0.25) is 0 Å². The predicted molar refractivity (Wildman–Crippen MR) is 237 cm³/mol. The first-order valence-corrected chi connectivity index (χ1v) is 23.7. The zero-order valence-electron chi connectivity index (χ0n) is 36.6. The van der Waals surface area contributed by atoms with Gasteiger partial charge in [-0.15, -0.1) is 0 Å². The van der Waals surface area contributed by atoms with Gasteiger partial charge in [-0.2, -0.15) is 0 Å². The van der Waals surface area contributed by atoms with E-state index in [1.54, 1.807) is 6.08 Å². The molecule has 0 saturated heterocycles. The number of rotatable bonds is 36. The predicted octanol–water partition coefficient (Wildman–Crippen LogP) is 8.10. The van der Waals surface area contributed by atoms with Crippen molar-refractivity contribution in [2.75, 3.05) is 19.8 Å². The van der Waals surface area contributed by atoms with E-state index >= 15 is 0 Å². The molecule has 1 aliphatic carbocycles. The van der Waals surface area contributed by atoms with Crippen LogP contribution < -0.4 is 5.73 Å². The molecule has 14 nitrogen and oxygen atoms in total. The summed E-state index contributed by atoms with van der Waals surface area (Å²) in [4.78, 5) is 46.2. The number of aliphatic carboxylic acids is 1. The van der Waals surface area contributed by atoms with Crippen molar-refractivity contribution in [3.63, 3.8) is 0 Å². The number of carbonyl (C=O) groups is 3. The van der Waals surface area contributed by atoms with Crippen molar-refractivity contribution in [1.82, 2.24) is 0 Å². The van der Waals surface area contributed by atoms with E-state index in [9.17, 15) is 39.2 Å². The highest BCUT2D eigenvalue weighted by Crippen LogP contribution is 2.43. The van der Waals surface area contributed by atoms with Gasteiger partial charge in [0.1, 0.15) is 12.6 Å². The Labute approximate surface area is 364 Å². The molecule has 1 saturated carbocycles. The lowest BCUT2D eigenvalue weighted by Gasteiger charge is -2.20. The molecule has 1 rings (SSSR count). The summed E-state index contributed by atoms with van der Waals surface area (Å²) in [5, 5.41) is 40.2. The highest BCUT2D eigenvalue weighted by atomic mass is 31.2. The van der Waals surface area contributed by atoms with E-state index in [1.165, 1.54) is 19.3 Å². The first-order chi connectivity index (χ1) is 29.3. The largest absolute Gasteiger partial charge is 0.480 e. The molecule has 348 valence electrons. The maximum absolute atomic E-state index is 12.7. The number of carboxylic acids is 1. The molecule has 0 amide bonds. The summed E-state index contributed by atoms with van der Waals surface area (Å²) in [6.07, 6.45) is 35.0. The Balaban J connectivity index is 2.56. The number of esters is 2. The molecule has 0 heterocycles. The van der Waals surface area contributed by atoms with E-state index in [-0.39, 0.29) is 31.1 Å². The van der Waals surface area contributed by atoms with Crippen molar-refractivity contribution < 1.29 is 62.8 Å². The average Bonchev–Trinajstić information content (AvgIpc) is 3.49. The fourth-order valence-corrected chi connectivity index (χ4v) is 7.18. The average molecular weight is 882 g/mol. The van der Waals surface area contributed by atoms with Crippen LogP contribution in [0.2, 0.25) is 0 Å². The molecule has 0 aromatic heterocycles. The number of aliphatic hydroxyl groups excluding tert-OH is 3. The minimum Gasteiger partial charge on any atom is -0.480 e. The summed E-state index contributed by atoms with van der Waals surface area (Å²) in [5.74, 6) is -3.18.